The molecular formula is C29H32O4S. The third kappa shape index (κ3) is 5.71. The van der Waals surface area contributed by atoms with Gasteiger partial charge < -0.3 is 9.47 Å². The van der Waals surface area contributed by atoms with Crippen molar-refractivity contribution >= 4 is 23.5 Å². The van der Waals surface area contributed by atoms with E-state index in [1.54, 1.807) is 7.11 Å². The zero-order valence-electron chi connectivity index (χ0n) is 20.7. The Morgan fingerprint density at radius 1 is 0.912 bits per heavy atom. The SMILES string of the molecule is COC(=O)C(C(=O)C(C)(C)SCc1ccc(OC)cc1)c1cc(C)c(-c2ccccc2)cc1C. The standard InChI is InChI=1S/C29H32O4S/c1-19-17-25(20(2)16-24(19)22-10-8-7-9-11-22)26(28(31)33-6)27(30)29(3,4)34-18-21-12-14-23(32-5)15-13-21/h7-17,26H,18H2,1-6H3. The van der Waals surface area contributed by atoms with Gasteiger partial charge >= 0.3 is 5.97 Å². The fraction of sp³-hybridized carbons (Fsp3) is 0.310. The molecule has 3 aromatic rings. The van der Waals surface area contributed by atoms with Crippen LogP contribution in [0.5, 0.6) is 5.75 Å². The number of ketones is 1. The summed E-state index contributed by atoms with van der Waals surface area (Å²) in [5.74, 6) is -0.237. The number of carbonyl (C=O) groups excluding carboxylic acids is 2. The summed E-state index contributed by atoms with van der Waals surface area (Å²) in [5.41, 5.74) is 5.88. The molecule has 1 unspecified atom stereocenters. The highest BCUT2D eigenvalue weighted by Gasteiger charge is 2.40. The molecule has 1 atom stereocenters. The number of hydrogen-bond acceptors (Lipinski definition) is 5. The second kappa shape index (κ2) is 10.9. The molecule has 3 aromatic carbocycles. The van der Waals surface area contributed by atoms with Crippen molar-refractivity contribution in [3.05, 3.63) is 89.0 Å². The van der Waals surface area contributed by atoms with E-state index in [1.165, 1.54) is 18.9 Å². The minimum atomic E-state index is -0.980. The second-order valence-corrected chi connectivity index (χ2v) is 10.5. The number of ether oxygens (including phenoxy) is 2. The molecule has 0 aliphatic heterocycles. The number of carbonyl (C=O) groups is 2. The summed E-state index contributed by atoms with van der Waals surface area (Å²) in [4.78, 5) is 26.7. The van der Waals surface area contributed by atoms with E-state index in [1.807, 2.05) is 76.2 Å². The first kappa shape index (κ1) is 25.6. The number of Topliss-reactive ketones (excluding diaryl/α,β-unsaturated/α-hetero) is 1. The van der Waals surface area contributed by atoms with Gasteiger partial charge in [0.2, 0.25) is 0 Å². The van der Waals surface area contributed by atoms with E-state index in [2.05, 4.69) is 18.2 Å². The molecule has 0 bridgehead atoms. The lowest BCUT2D eigenvalue weighted by molar-refractivity contribution is -0.146. The Morgan fingerprint density at radius 2 is 1.56 bits per heavy atom. The summed E-state index contributed by atoms with van der Waals surface area (Å²) in [6, 6.07) is 21.9. The van der Waals surface area contributed by atoms with Gasteiger partial charge in [-0.3, -0.25) is 9.59 Å². The van der Waals surface area contributed by atoms with Gasteiger partial charge in [-0.25, -0.2) is 0 Å². The molecule has 0 amide bonds. The van der Waals surface area contributed by atoms with Crippen LogP contribution < -0.4 is 4.74 Å². The third-order valence-electron chi connectivity index (χ3n) is 6.06. The predicted octanol–water partition coefficient (Wildman–Crippen LogP) is 6.52. The lowest BCUT2D eigenvalue weighted by Crippen LogP contribution is -2.37. The molecule has 5 heteroatoms. The number of esters is 1. The minimum Gasteiger partial charge on any atom is -0.497 e. The van der Waals surface area contributed by atoms with Gasteiger partial charge in [0, 0.05) is 5.75 Å². The van der Waals surface area contributed by atoms with Gasteiger partial charge in [0.15, 0.2) is 5.78 Å². The zero-order valence-corrected chi connectivity index (χ0v) is 21.5. The first-order valence-corrected chi connectivity index (χ1v) is 12.2. The normalized spacial score (nSPS) is 12.2. The van der Waals surface area contributed by atoms with Crippen molar-refractivity contribution in [2.45, 2.75) is 44.1 Å². The lowest BCUT2D eigenvalue weighted by Gasteiger charge is -2.28. The molecule has 0 heterocycles. The highest BCUT2D eigenvalue weighted by atomic mass is 32.2. The van der Waals surface area contributed by atoms with Gasteiger partial charge in [-0.15, -0.1) is 11.8 Å². The van der Waals surface area contributed by atoms with Crippen LogP contribution in [0.4, 0.5) is 0 Å². The smallest absolute Gasteiger partial charge is 0.320 e. The second-order valence-electron chi connectivity index (χ2n) is 8.86. The fourth-order valence-electron chi connectivity index (χ4n) is 3.98. The van der Waals surface area contributed by atoms with Crippen LogP contribution in [0.2, 0.25) is 0 Å². The molecule has 0 radical (unpaired) electrons. The summed E-state index contributed by atoms with van der Waals surface area (Å²) >= 11 is 1.52. The third-order valence-corrected chi connectivity index (χ3v) is 7.46. The molecule has 0 aliphatic carbocycles. The van der Waals surface area contributed by atoms with Crippen molar-refractivity contribution in [3.8, 4) is 16.9 Å². The Morgan fingerprint density at radius 3 is 2.15 bits per heavy atom. The number of thioether (sulfide) groups is 1. The van der Waals surface area contributed by atoms with E-state index < -0.39 is 16.6 Å². The lowest BCUT2D eigenvalue weighted by atomic mass is 9.83. The Hall–Kier alpha value is -3.05. The van der Waals surface area contributed by atoms with Crippen LogP contribution >= 0.6 is 11.8 Å². The molecule has 0 saturated carbocycles. The molecule has 4 nitrogen and oxygen atoms in total. The Kier molecular flexibility index (Phi) is 8.21. The van der Waals surface area contributed by atoms with Crippen LogP contribution in [-0.2, 0) is 20.1 Å². The van der Waals surface area contributed by atoms with Crippen LogP contribution in [0.15, 0.2) is 66.7 Å². The molecule has 0 N–H and O–H groups in total. The quantitative estimate of drug-likeness (QED) is 0.260. The van der Waals surface area contributed by atoms with Crippen LogP contribution in [0, 0.1) is 13.8 Å². The maximum absolute atomic E-state index is 13.8. The highest BCUT2D eigenvalue weighted by Crippen LogP contribution is 2.38. The topological polar surface area (TPSA) is 52.6 Å². The average Bonchev–Trinajstić information content (AvgIpc) is 2.85. The summed E-state index contributed by atoms with van der Waals surface area (Å²) in [6.07, 6.45) is 0. The number of methoxy groups -OCH3 is 2. The largest absolute Gasteiger partial charge is 0.497 e. The Labute approximate surface area is 206 Å². The van der Waals surface area contributed by atoms with E-state index >= 15 is 0 Å². The molecule has 34 heavy (non-hydrogen) atoms. The van der Waals surface area contributed by atoms with Gasteiger partial charge in [0.1, 0.15) is 11.7 Å². The molecule has 0 saturated heterocycles. The maximum Gasteiger partial charge on any atom is 0.320 e. The molecule has 178 valence electrons. The monoisotopic (exact) mass is 476 g/mol. The van der Waals surface area contributed by atoms with Crippen LogP contribution in [-0.4, -0.2) is 30.7 Å². The highest BCUT2D eigenvalue weighted by molar-refractivity contribution is 8.00. The van der Waals surface area contributed by atoms with E-state index in [0.717, 1.165) is 33.6 Å². The van der Waals surface area contributed by atoms with Crippen molar-refractivity contribution < 1.29 is 19.1 Å². The van der Waals surface area contributed by atoms with Gasteiger partial charge in [0.25, 0.3) is 0 Å². The molecular weight excluding hydrogens is 444 g/mol. The first-order valence-electron chi connectivity index (χ1n) is 11.2. The summed E-state index contributed by atoms with van der Waals surface area (Å²) < 4.78 is 9.52. The van der Waals surface area contributed by atoms with Crippen LogP contribution in [0.1, 0.15) is 42.0 Å². The van der Waals surface area contributed by atoms with Gasteiger partial charge in [-0.1, -0.05) is 54.6 Å². The van der Waals surface area contributed by atoms with Gasteiger partial charge in [0.05, 0.1) is 19.0 Å². The van der Waals surface area contributed by atoms with Crippen LogP contribution in [0.3, 0.4) is 0 Å². The van der Waals surface area contributed by atoms with Crippen molar-refractivity contribution in [2.24, 2.45) is 0 Å². The fourth-order valence-corrected chi connectivity index (χ4v) is 4.96. The minimum absolute atomic E-state index is 0.159. The molecule has 0 aliphatic rings. The zero-order chi connectivity index (χ0) is 24.9. The van der Waals surface area contributed by atoms with Crippen LogP contribution in [0.25, 0.3) is 11.1 Å². The predicted molar refractivity (Wildman–Crippen MR) is 139 cm³/mol. The van der Waals surface area contributed by atoms with E-state index in [9.17, 15) is 9.59 Å². The number of rotatable bonds is 9. The molecule has 3 rings (SSSR count). The Balaban J connectivity index is 1.90. The van der Waals surface area contributed by atoms with Crippen molar-refractivity contribution in [1.82, 2.24) is 0 Å². The van der Waals surface area contributed by atoms with Crippen molar-refractivity contribution in [1.29, 1.82) is 0 Å². The van der Waals surface area contributed by atoms with Crippen molar-refractivity contribution in [3.63, 3.8) is 0 Å². The number of benzene rings is 3. The number of aryl methyl sites for hydroxylation is 2. The Bertz CT molecular complexity index is 1150. The summed E-state index contributed by atoms with van der Waals surface area (Å²) in [7, 11) is 2.97. The maximum atomic E-state index is 13.8. The van der Waals surface area contributed by atoms with Crippen molar-refractivity contribution in [2.75, 3.05) is 14.2 Å². The van der Waals surface area contributed by atoms with E-state index in [-0.39, 0.29) is 5.78 Å². The van der Waals surface area contributed by atoms with E-state index in [0.29, 0.717) is 11.3 Å². The number of hydrogen-bond donors (Lipinski definition) is 0. The molecule has 0 spiro atoms. The van der Waals surface area contributed by atoms with E-state index in [4.69, 9.17) is 9.47 Å². The molecule has 0 aromatic heterocycles. The summed E-state index contributed by atoms with van der Waals surface area (Å²) in [6.45, 7) is 7.70. The van der Waals surface area contributed by atoms with Gasteiger partial charge in [-0.2, -0.15) is 0 Å². The molecule has 0 fully saturated rings. The van der Waals surface area contributed by atoms with Gasteiger partial charge in [-0.05, 0) is 73.2 Å². The first-order chi connectivity index (χ1) is 16.2. The summed E-state index contributed by atoms with van der Waals surface area (Å²) in [5, 5.41) is 0. The average molecular weight is 477 g/mol.